The molecule has 3 aromatic rings. The Morgan fingerprint density at radius 1 is 1.41 bits per heavy atom. The van der Waals surface area contributed by atoms with Crippen LogP contribution in [0.3, 0.4) is 0 Å². The van der Waals surface area contributed by atoms with Crippen molar-refractivity contribution in [3.05, 3.63) is 56.4 Å². The molecule has 1 aromatic carbocycles. The number of rotatable bonds is 4. The second-order valence-electron chi connectivity index (χ2n) is 4.57. The third-order valence-electron chi connectivity index (χ3n) is 3.25. The van der Waals surface area contributed by atoms with Crippen molar-refractivity contribution in [1.29, 1.82) is 0 Å². The topological polar surface area (TPSA) is 34.9 Å². The zero-order valence-corrected chi connectivity index (χ0v) is 14.1. The molecular weight excluding hydrogens is 343 g/mol. The molecule has 3 rings (SSSR count). The van der Waals surface area contributed by atoms with Crippen LogP contribution >= 0.6 is 34.7 Å². The zero-order valence-electron chi connectivity index (χ0n) is 11.7. The van der Waals surface area contributed by atoms with Crippen LogP contribution in [0.1, 0.15) is 12.5 Å². The predicted molar refractivity (Wildman–Crippen MR) is 90.5 cm³/mol. The van der Waals surface area contributed by atoms with Gasteiger partial charge in [0.2, 0.25) is 0 Å². The van der Waals surface area contributed by atoms with Gasteiger partial charge in [-0.15, -0.1) is 11.3 Å². The zero-order chi connectivity index (χ0) is 15.7. The molecule has 7 heteroatoms. The Labute approximate surface area is 139 Å². The van der Waals surface area contributed by atoms with Crippen LogP contribution < -0.4 is 5.56 Å². The van der Waals surface area contributed by atoms with E-state index in [1.807, 2.05) is 18.4 Å². The molecule has 22 heavy (non-hydrogen) atoms. The molecule has 0 saturated heterocycles. The lowest BCUT2D eigenvalue weighted by atomic mass is 10.2. The van der Waals surface area contributed by atoms with Gasteiger partial charge in [0, 0.05) is 22.9 Å². The average Bonchev–Trinajstić information content (AvgIpc) is 2.95. The molecule has 0 N–H and O–H groups in total. The molecule has 0 spiro atoms. The third kappa shape index (κ3) is 2.78. The molecule has 3 nitrogen and oxygen atoms in total. The molecule has 0 atom stereocenters. The highest BCUT2D eigenvalue weighted by molar-refractivity contribution is 7.98. The van der Waals surface area contributed by atoms with Gasteiger partial charge < -0.3 is 0 Å². The summed E-state index contributed by atoms with van der Waals surface area (Å²) in [6, 6.07) is 6.43. The molecule has 0 amide bonds. The predicted octanol–water partition coefficient (Wildman–Crippen LogP) is 4.56. The van der Waals surface area contributed by atoms with E-state index in [-0.39, 0.29) is 11.4 Å². The lowest BCUT2D eigenvalue weighted by Gasteiger charge is -2.10. The van der Waals surface area contributed by atoms with Gasteiger partial charge in [0.15, 0.2) is 5.16 Å². The Kier molecular flexibility index (Phi) is 4.52. The largest absolute Gasteiger partial charge is 0.287 e. The summed E-state index contributed by atoms with van der Waals surface area (Å²) < 4.78 is 16.1. The lowest BCUT2D eigenvalue weighted by molar-refractivity contribution is 0.616. The van der Waals surface area contributed by atoms with E-state index in [1.165, 1.54) is 29.2 Å². The highest BCUT2D eigenvalue weighted by Gasteiger charge is 2.13. The first-order valence-electron chi connectivity index (χ1n) is 6.65. The number of aromatic nitrogens is 2. The van der Waals surface area contributed by atoms with E-state index in [2.05, 4.69) is 4.98 Å². The first kappa shape index (κ1) is 15.5. The molecule has 2 heterocycles. The summed E-state index contributed by atoms with van der Waals surface area (Å²) in [5.74, 6) is -0.0184. The van der Waals surface area contributed by atoms with Gasteiger partial charge in [-0.1, -0.05) is 29.4 Å². The van der Waals surface area contributed by atoms with Crippen LogP contribution in [-0.4, -0.2) is 9.55 Å². The molecule has 2 aromatic heterocycles. The van der Waals surface area contributed by atoms with E-state index in [9.17, 15) is 9.18 Å². The van der Waals surface area contributed by atoms with Crippen molar-refractivity contribution < 1.29 is 4.39 Å². The first-order chi connectivity index (χ1) is 10.6. The fraction of sp³-hybridized carbons (Fsp3) is 0.200. The van der Waals surface area contributed by atoms with E-state index in [0.717, 1.165) is 0 Å². The number of benzene rings is 1. The lowest BCUT2D eigenvalue weighted by Crippen LogP contribution is -2.21. The minimum atomic E-state index is -0.345. The van der Waals surface area contributed by atoms with Crippen LogP contribution in [-0.2, 0) is 12.3 Å². The summed E-state index contributed by atoms with van der Waals surface area (Å²) >= 11 is 8.74. The Bertz CT molecular complexity index is 871. The van der Waals surface area contributed by atoms with Gasteiger partial charge in [-0.05, 0) is 30.5 Å². The van der Waals surface area contributed by atoms with E-state index in [4.69, 9.17) is 11.6 Å². The number of nitrogens with zero attached hydrogens (tertiary/aromatic N) is 2. The van der Waals surface area contributed by atoms with Gasteiger partial charge in [0.25, 0.3) is 5.56 Å². The molecular formula is C15H12ClFN2OS2. The van der Waals surface area contributed by atoms with E-state index >= 15 is 0 Å². The summed E-state index contributed by atoms with van der Waals surface area (Å²) in [6.45, 7) is 2.41. The van der Waals surface area contributed by atoms with Crippen molar-refractivity contribution in [1.82, 2.24) is 9.55 Å². The maximum absolute atomic E-state index is 13.8. The highest BCUT2D eigenvalue weighted by atomic mass is 35.5. The van der Waals surface area contributed by atoms with E-state index < -0.39 is 0 Å². The molecule has 0 unspecified atom stereocenters. The van der Waals surface area contributed by atoms with Crippen molar-refractivity contribution in [3.63, 3.8) is 0 Å². The molecule has 0 aliphatic heterocycles. The fourth-order valence-corrected chi connectivity index (χ4v) is 4.30. The molecule has 114 valence electrons. The number of thioether (sulfide) groups is 1. The van der Waals surface area contributed by atoms with Gasteiger partial charge in [0.05, 0.1) is 5.52 Å². The normalized spacial score (nSPS) is 11.2. The second kappa shape index (κ2) is 6.40. The van der Waals surface area contributed by atoms with Crippen LogP contribution in [0.5, 0.6) is 0 Å². The fourth-order valence-electron chi connectivity index (χ4n) is 2.12. The molecule has 0 saturated carbocycles. The van der Waals surface area contributed by atoms with Crippen LogP contribution in [0.15, 0.2) is 39.6 Å². The van der Waals surface area contributed by atoms with Gasteiger partial charge in [-0.2, -0.15) is 0 Å². The molecule has 0 aliphatic carbocycles. The van der Waals surface area contributed by atoms with Gasteiger partial charge in [0.1, 0.15) is 10.5 Å². The highest BCUT2D eigenvalue weighted by Crippen LogP contribution is 2.28. The van der Waals surface area contributed by atoms with Crippen LogP contribution in [0, 0.1) is 5.82 Å². The third-order valence-corrected chi connectivity index (χ3v) is 5.50. The first-order valence-corrected chi connectivity index (χ1v) is 8.90. The number of hydrogen-bond donors (Lipinski definition) is 0. The molecule has 0 radical (unpaired) electrons. The van der Waals surface area contributed by atoms with Crippen molar-refractivity contribution in [3.8, 4) is 0 Å². The minimum Gasteiger partial charge on any atom is -0.287 e. The molecule has 0 bridgehead atoms. The second-order valence-corrected chi connectivity index (χ2v) is 6.83. The van der Waals surface area contributed by atoms with E-state index in [0.29, 0.717) is 38.3 Å². The summed E-state index contributed by atoms with van der Waals surface area (Å²) in [5.41, 5.74) is 1.06. The van der Waals surface area contributed by atoms with Crippen molar-refractivity contribution in [2.75, 3.05) is 0 Å². The van der Waals surface area contributed by atoms with E-state index in [1.54, 1.807) is 16.7 Å². The Balaban J connectivity index is 1.98. The molecule has 0 aliphatic rings. The van der Waals surface area contributed by atoms with Crippen molar-refractivity contribution >= 4 is 44.9 Å². The van der Waals surface area contributed by atoms with Crippen molar-refractivity contribution in [2.45, 2.75) is 24.4 Å². The van der Waals surface area contributed by atoms with Crippen LogP contribution in [0.4, 0.5) is 4.39 Å². The Morgan fingerprint density at radius 3 is 2.95 bits per heavy atom. The monoisotopic (exact) mass is 354 g/mol. The van der Waals surface area contributed by atoms with Gasteiger partial charge in [-0.3, -0.25) is 9.36 Å². The number of halogens is 2. The van der Waals surface area contributed by atoms with Crippen LogP contribution in [0.25, 0.3) is 10.2 Å². The average molecular weight is 355 g/mol. The number of hydrogen-bond acceptors (Lipinski definition) is 4. The smallest absolute Gasteiger partial charge is 0.272 e. The SMILES string of the molecule is CCn1c(SCc2c(F)cccc2Cl)nc2ccsc2c1=O. The maximum Gasteiger partial charge on any atom is 0.272 e. The van der Waals surface area contributed by atoms with Crippen molar-refractivity contribution in [2.24, 2.45) is 0 Å². The Hall–Kier alpha value is -1.37. The summed E-state index contributed by atoms with van der Waals surface area (Å²) in [6.07, 6.45) is 0. The standard InChI is InChI=1S/C15H12ClFN2OS2/c1-2-19-14(20)13-12(6-7-21-13)18-15(19)22-8-9-10(16)4-3-5-11(9)17/h3-7H,2,8H2,1H3. The van der Waals surface area contributed by atoms with Crippen LogP contribution in [0.2, 0.25) is 5.02 Å². The van der Waals surface area contributed by atoms with Gasteiger partial charge in [-0.25, -0.2) is 9.37 Å². The number of thiophene rings is 1. The Morgan fingerprint density at radius 2 is 2.23 bits per heavy atom. The minimum absolute atomic E-state index is 0.0513. The maximum atomic E-state index is 13.8. The summed E-state index contributed by atoms with van der Waals surface area (Å²) in [5, 5.41) is 2.81. The summed E-state index contributed by atoms with van der Waals surface area (Å²) in [7, 11) is 0. The van der Waals surface area contributed by atoms with Gasteiger partial charge >= 0.3 is 0 Å². The quantitative estimate of drug-likeness (QED) is 0.508. The summed E-state index contributed by atoms with van der Waals surface area (Å²) in [4.78, 5) is 16.9. The number of fused-ring (bicyclic) bond motifs is 1. The molecule has 0 fully saturated rings.